The number of carbonyl (C=O) groups is 1. The number of hydrogen-bond donors (Lipinski definition) is 1. The highest BCUT2D eigenvalue weighted by Crippen LogP contribution is 2.21. The van der Waals surface area contributed by atoms with Gasteiger partial charge in [0.15, 0.2) is 0 Å². The Bertz CT molecular complexity index is 370. The maximum Gasteiger partial charge on any atom is 0.305 e. The molecule has 0 spiro atoms. The zero-order chi connectivity index (χ0) is 11.4. The van der Waals surface area contributed by atoms with Crippen LogP contribution in [-0.2, 0) is 4.79 Å². The fourth-order valence-corrected chi connectivity index (χ4v) is 1.57. The van der Waals surface area contributed by atoms with Gasteiger partial charge in [0.2, 0.25) is 0 Å². The predicted octanol–water partition coefficient (Wildman–Crippen LogP) is 1.46. The summed E-state index contributed by atoms with van der Waals surface area (Å²) in [6, 6.07) is 0. The summed E-state index contributed by atoms with van der Waals surface area (Å²) in [5, 5.41) is 8.56. The van der Waals surface area contributed by atoms with Gasteiger partial charge in [0.25, 0.3) is 0 Å². The minimum Gasteiger partial charge on any atom is -0.481 e. The largest absolute Gasteiger partial charge is 0.481 e. The van der Waals surface area contributed by atoms with E-state index in [1.54, 1.807) is 25.1 Å². The van der Waals surface area contributed by atoms with Gasteiger partial charge in [-0.2, -0.15) is 0 Å². The third-order valence-corrected chi connectivity index (χ3v) is 2.43. The third kappa shape index (κ3) is 3.47. The zero-order valence-corrected chi connectivity index (χ0v) is 10.2. The van der Waals surface area contributed by atoms with Gasteiger partial charge in [0.05, 0.1) is 10.9 Å². The summed E-state index contributed by atoms with van der Waals surface area (Å²) >= 11 is 3.32. The highest BCUT2D eigenvalue weighted by molar-refractivity contribution is 9.10. The minimum atomic E-state index is -0.816. The predicted molar refractivity (Wildman–Crippen MR) is 60.0 cm³/mol. The molecule has 0 aromatic carbocycles. The van der Waals surface area contributed by atoms with Crippen LogP contribution in [-0.4, -0.2) is 34.6 Å². The van der Waals surface area contributed by atoms with Crippen LogP contribution in [0, 0.1) is 6.92 Å². The van der Waals surface area contributed by atoms with Crippen molar-refractivity contribution in [2.24, 2.45) is 0 Å². The lowest BCUT2D eigenvalue weighted by atomic mass is 10.4. The molecule has 0 aliphatic rings. The average molecular weight is 274 g/mol. The fourth-order valence-electron chi connectivity index (χ4n) is 1.08. The minimum absolute atomic E-state index is 0.0893. The Morgan fingerprint density at radius 2 is 2.33 bits per heavy atom. The number of aryl methyl sites for hydroxylation is 1. The van der Waals surface area contributed by atoms with Gasteiger partial charge in [-0.1, -0.05) is 0 Å². The monoisotopic (exact) mass is 273 g/mol. The summed E-state index contributed by atoms with van der Waals surface area (Å²) < 4.78 is 0.765. The van der Waals surface area contributed by atoms with E-state index in [9.17, 15) is 4.79 Å². The third-order valence-electron chi connectivity index (χ3n) is 1.87. The van der Waals surface area contributed by atoms with Crippen LogP contribution >= 0.6 is 15.9 Å². The maximum absolute atomic E-state index is 10.4. The Labute approximate surface area is 96.3 Å². The molecule has 0 saturated heterocycles. The number of carboxylic acids is 1. The summed E-state index contributed by atoms with van der Waals surface area (Å²) in [7, 11) is 1.80. The molecule has 0 bridgehead atoms. The van der Waals surface area contributed by atoms with E-state index in [4.69, 9.17) is 5.11 Å². The number of halogens is 1. The number of carboxylic acid groups (broad SMARTS) is 1. The van der Waals surface area contributed by atoms with Crippen molar-refractivity contribution in [1.29, 1.82) is 0 Å². The molecule has 1 rings (SSSR count). The van der Waals surface area contributed by atoms with Crippen LogP contribution in [0.15, 0.2) is 10.7 Å². The first-order valence-electron chi connectivity index (χ1n) is 4.43. The van der Waals surface area contributed by atoms with Crippen LogP contribution in [0.2, 0.25) is 0 Å². The summed E-state index contributed by atoms with van der Waals surface area (Å²) in [6.07, 6.45) is 1.75. The summed E-state index contributed by atoms with van der Waals surface area (Å²) in [5.74, 6) is 0.558. The van der Waals surface area contributed by atoms with E-state index in [2.05, 4.69) is 25.9 Å². The molecule has 0 radical (unpaired) electrons. The summed E-state index contributed by atoms with van der Waals surface area (Å²) in [5.41, 5.74) is 0. The Hall–Kier alpha value is -1.17. The van der Waals surface area contributed by atoms with E-state index in [1.807, 2.05) is 0 Å². The van der Waals surface area contributed by atoms with Crippen molar-refractivity contribution in [2.45, 2.75) is 13.3 Å². The van der Waals surface area contributed by atoms with Crippen molar-refractivity contribution >= 4 is 27.7 Å². The fraction of sp³-hybridized carbons (Fsp3) is 0.444. The number of rotatable bonds is 4. The molecule has 1 heterocycles. The Kier molecular flexibility index (Phi) is 4.02. The Morgan fingerprint density at radius 3 is 2.93 bits per heavy atom. The van der Waals surface area contributed by atoms with Gasteiger partial charge in [-0.3, -0.25) is 4.79 Å². The van der Waals surface area contributed by atoms with E-state index in [1.165, 1.54) is 0 Å². The molecule has 1 N–H and O–H groups in total. The SMILES string of the molecule is Cc1ncc(Br)c(N(C)CCC(=O)O)n1. The number of anilines is 1. The van der Waals surface area contributed by atoms with Crippen LogP contribution in [0.1, 0.15) is 12.2 Å². The first-order valence-corrected chi connectivity index (χ1v) is 5.22. The van der Waals surface area contributed by atoms with E-state index < -0.39 is 5.97 Å². The van der Waals surface area contributed by atoms with Gasteiger partial charge in [-0.25, -0.2) is 9.97 Å². The van der Waals surface area contributed by atoms with Gasteiger partial charge < -0.3 is 10.0 Å². The topological polar surface area (TPSA) is 66.3 Å². The van der Waals surface area contributed by atoms with Crippen LogP contribution in [0.5, 0.6) is 0 Å². The standard InChI is InChI=1S/C9H12BrN3O2/c1-6-11-5-7(10)9(12-6)13(2)4-3-8(14)15/h5H,3-4H2,1-2H3,(H,14,15). The molecule has 6 heteroatoms. The lowest BCUT2D eigenvalue weighted by molar-refractivity contribution is -0.136. The molecule has 82 valence electrons. The van der Waals surface area contributed by atoms with E-state index in [0.29, 0.717) is 18.2 Å². The molecule has 0 unspecified atom stereocenters. The molecule has 0 aliphatic heterocycles. The maximum atomic E-state index is 10.4. The Morgan fingerprint density at radius 1 is 1.67 bits per heavy atom. The second-order valence-electron chi connectivity index (χ2n) is 3.15. The first kappa shape index (κ1) is 11.9. The van der Waals surface area contributed by atoms with E-state index in [-0.39, 0.29) is 6.42 Å². The smallest absolute Gasteiger partial charge is 0.305 e. The average Bonchev–Trinajstić information content (AvgIpc) is 2.18. The highest BCUT2D eigenvalue weighted by Gasteiger charge is 2.09. The molecule has 1 aromatic rings. The second kappa shape index (κ2) is 5.06. The zero-order valence-electron chi connectivity index (χ0n) is 8.57. The van der Waals surface area contributed by atoms with Crippen molar-refractivity contribution in [3.05, 3.63) is 16.5 Å². The molecule has 5 nitrogen and oxygen atoms in total. The normalized spacial score (nSPS) is 10.1. The van der Waals surface area contributed by atoms with E-state index in [0.717, 1.165) is 4.47 Å². The number of nitrogens with zero attached hydrogens (tertiary/aromatic N) is 3. The Balaban J connectivity index is 2.76. The number of aliphatic carboxylic acids is 1. The molecular weight excluding hydrogens is 262 g/mol. The van der Waals surface area contributed by atoms with Crippen LogP contribution in [0.4, 0.5) is 5.82 Å². The molecule has 0 atom stereocenters. The molecule has 15 heavy (non-hydrogen) atoms. The van der Waals surface area contributed by atoms with Gasteiger partial charge in [0, 0.05) is 19.8 Å². The van der Waals surface area contributed by atoms with Gasteiger partial charge in [0.1, 0.15) is 11.6 Å². The van der Waals surface area contributed by atoms with Gasteiger partial charge in [-0.15, -0.1) is 0 Å². The van der Waals surface area contributed by atoms with Crippen molar-refractivity contribution < 1.29 is 9.90 Å². The molecule has 1 aromatic heterocycles. The van der Waals surface area contributed by atoms with Crippen molar-refractivity contribution in [2.75, 3.05) is 18.5 Å². The molecule has 0 saturated carbocycles. The van der Waals surface area contributed by atoms with Crippen molar-refractivity contribution in [1.82, 2.24) is 9.97 Å². The van der Waals surface area contributed by atoms with Crippen molar-refractivity contribution in [3.8, 4) is 0 Å². The molecule has 0 aliphatic carbocycles. The second-order valence-corrected chi connectivity index (χ2v) is 4.01. The quantitative estimate of drug-likeness (QED) is 0.900. The number of hydrogen-bond acceptors (Lipinski definition) is 4. The molecule has 0 amide bonds. The first-order chi connectivity index (χ1) is 7.00. The van der Waals surface area contributed by atoms with E-state index >= 15 is 0 Å². The van der Waals surface area contributed by atoms with Crippen molar-refractivity contribution in [3.63, 3.8) is 0 Å². The summed E-state index contributed by atoms with van der Waals surface area (Å²) in [4.78, 5) is 20.4. The van der Waals surface area contributed by atoms with Crippen LogP contribution in [0.25, 0.3) is 0 Å². The summed E-state index contributed by atoms with van der Waals surface area (Å²) in [6.45, 7) is 2.21. The van der Waals surface area contributed by atoms with Crippen LogP contribution in [0.3, 0.4) is 0 Å². The molecule has 0 fully saturated rings. The lowest BCUT2D eigenvalue weighted by Crippen LogP contribution is -2.22. The van der Waals surface area contributed by atoms with Crippen LogP contribution < -0.4 is 4.90 Å². The molecular formula is C9H12BrN3O2. The number of aromatic nitrogens is 2. The van der Waals surface area contributed by atoms with Gasteiger partial charge >= 0.3 is 5.97 Å². The lowest BCUT2D eigenvalue weighted by Gasteiger charge is -2.18. The van der Waals surface area contributed by atoms with Gasteiger partial charge in [-0.05, 0) is 22.9 Å². The highest BCUT2D eigenvalue weighted by atomic mass is 79.9.